The third-order valence-corrected chi connectivity index (χ3v) is 4.37. The number of carbonyl (C=O) groups excluding carboxylic acids is 1. The molecule has 0 saturated carbocycles. The van der Waals surface area contributed by atoms with Crippen LogP contribution in [0.2, 0.25) is 0 Å². The van der Waals surface area contributed by atoms with Crippen LogP contribution in [0.3, 0.4) is 0 Å². The minimum atomic E-state index is 0.106. The van der Waals surface area contributed by atoms with Crippen LogP contribution in [0.15, 0.2) is 29.2 Å². The quantitative estimate of drug-likeness (QED) is 0.865. The molecule has 2 aromatic heterocycles. The third kappa shape index (κ3) is 3.04. The molecule has 0 radical (unpaired) electrons. The zero-order chi connectivity index (χ0) is 15.4. The monoisotopic (exact) mass is 318 g/mol. The Balaban J connectivity index is 1.71. The molecule has 0 spiro atoms. The molecule has 0 atom stereocenters. The van der Waals surface area contributed by atoms with Crippen LogP contribution in [-0.2, 0) is 0 Å². The number of thiophene rings is 1. The number of amides is 1. The second kappa shape index (κ2) is 6.74. The summed E-state index contributed by atoms with van der Waals surface area (Å²) in [6.45, 7) is 3.00. The Morgan fingerprint density at radius 2 is 2.09 bits per heavy atom. The van der Waals surface area contributed by atoms with E-state index in [9.17, 15) is 4.79 Å². The average molecular weight is 318 g/mol. The Kier molecular flexibility index (Phi) is 4.53. The fraction of sp³-hybridized carbons (Fsp3) is 0.400. The lowest BCUT2D eigenvalue weighted by Gasteiger charge is -2.23. The number of carbonyl (C=O) groups is 1. The smallest absolute Gasteiger partial charge is 0.257 e. The topological polar surface area (TPSA) is 58.6 Å². The number of hydrogen-bond acceptors (Lipinski definition) is 6. The van der Waals surface area contributed by atoms with Gasteiger partial charge in [0.2, 0.25) is 0 Å². The predicted octanol–water partition coefficient (Wildman–Crippen LogP) is 1.90. The van der Waals surface area contributed by atoms with Crippen LogP contribution in [0, 0.1) is 0 Å². The van der Waals surface area contributed by atoms with E-state index in [-0.39, 0.29) is 5.91 Å². The molecule has 1 amide bonds. The molecule has 0 N–H and O–H groups in total. The van der Waals surface area contributed by atoms with Gasteiger partial charge in [-0.1, -0.05) is 0 Å². The van der Waals surface area contributed by atoms with E-state index in [1.54, 1.807) is 30.8 Å². The van der Waals surface area contributed by atoms with Crippen LogP contribution in [0.5, 0.6) is 5.88 Å². The maximum Gasteiger partial charge on any atom is 0.257 e. The molecule has 3 heterocycles. The van der Waals surface area contributed by atoms with Gasteiger partial charge in [-0.3, -0.25) is 4.79 Å². The standard InChI is InChI=1S/C15H18N4O2S/c1-21-14-13(16-4-5-17-14)18-6-2-7-19(9-8-18)15(20)12-3-10-22-11-12/h3-5,10-11H,2,6-9H2,1H3. The van der Waals surface area contributed by atoms with Crippen molar-refractivity contribution < 1.29 is 9.53 Å². The molecule has 116 valence electrons. The summed E-state index contributed by atoms with van der Waals surface area (Å²) >= 11 is 1.55. The van der Waals surface area contributed by atoms with Gasteiger partial charge in [0.1, 0.15) is 0 Å². The number of rotatable bonds is 3. The molecule has 7 heteroatoms. The zero-order valence-electron chi connectivity index (χ0n) is 12.4. The summed E-state index contributed by atoms with van der Waals surface area (Å²) in [6, 6.07) is 1.88. The highest BCUT2D eigenvalue weighted by Gasteiger charge is 2.23. The minimum Gasteiger partial charge on any atom is -0.478 e. The molecule has 0 aromatic carbocycles. The summed E-state index contributed by atoms with van der Waals surface area (Å²) in [5.74, 6) is 1.38. The lowest BCUT2D eigenvalue weighted by Crippen LogP contribution is -2.35. The van der Waals surface area contributed by atoms with Gasteiger partial charge in [-0.25, -0.2) is 9.97 Å². The fourth-order valence-corrected chi connectivity index (χ4v) is 3.21. The van der Waals surface area contributed by atoms with Crippen molar-refractivity contribution >= 4 is 23.1 Å². The molecule has 6 nitrogen and oxygen atoms in total. The van der Waals surface area contributed by atoms with Crippen LogP contribution in [0.4, 0.5) is 5.82 Å². The normalized spacial score (nSPS) is 15.5. The molecule has 1 aliphatic rings. The van der Waals surface area contributed by atoms with Crippen molar-refractivity contribution in [3.8, 4) is 5.88 Å². The molecule has 1 saturated heterocycles. The highest BCUT2D eigenvalue weighted by molar-refractivity contribution is 7.08. The van der Waals surface area contributed by atoms with Crippen LogP contribution < -0.4 is 9.64 Å². The molecule has 22 heavy (non-hydrogen) atoms. The molecule has 2 aromatic rings. The molecule has 1 fully saturated rings. The molecular formula is C15H18N4O2S. The van der Waals surface area contributed by atoms with Gasteiger partial charge in [-0.15, -0.1) is 0 Å². The van der Waals surface area contributed by atoms with E-state index in [0.717, 1.165) is 37.4 Å². The summed E-state index contributed by atoms with van der Waals surface area (Å²) in [7, 11) is 1.59. The van der Waals surface area contributed by atoms with Crippen LogP contribution in [0.1, 0.15) is 16.8 Å². The van der Waals surface area contributed by atoms with E-state index in [2.05, 4.69) is 14.9 Å². The third-order valence-electron chi connectivity index (χ3n) is 3.69. The van der Waals surface area contributed by atoms with Crippen molar-refractivity contribution in [2.45, 2.75) is 6.42 Å². The number of methoxy groups -OCH3 is 1. The molecule has 1 aliphatic heterocycles. The first-order chi connectivity index (χ1) is 10.8. The SMILES string of the molecule is COc1nccnc1N1CCCN(C(=O)c2ccsc2)CC1. The Labute approximate surface area is 133 Å². The largest absolute Gasteiger partial charge is 0.478 e. The maximum atomic E-state index is 12.4. The minimum absolute atomic E-state index is 0.106. The van der Waals surface area contributed by atoms with Crippen molar-refractivity contribution in [3.05, 3.63) is 34.8 Å². The first kappa shape index (κ1) is 14.8. The van der Waals surface area contributed by atoms with Crippen LogP contribution in [-0.4, -0.2) is 54.1 Å². The van der Waals surface area contributed by atoms with E-state index in [4.69, 9.17) is 4.74 Å². The molecule has 3 rings (SSSR count). The maximum absolute atomic E-state index is 12.4. The van der Waals surface area contributed by atoms with E-state index in [1.807, 2.05) is 21.7 Å². The van der Waals surface area contributed by atoms with Gasteiger partial charge in [-0.05, 0) is 17.9 Å². The zero-order valence-corrected chi connectivity index (χ0v) is 13.3. The Morgan fingerprint density at radius 1 is 1.23 bits per heavy atom. The molecule has 0 bridgehead atoms. The number of aromatic nitrogens is 2. The summed E-state index contributed by atoms with van der Waals surface area (Å²) in [6.07, 6.45) is 4.18. The Hall–Kier alpha value is -2.15. The van der Waals surface area contributed by atoms with E-state index >= 15 is 0 Å². The van der Waals surface area contributed by atoms with Gasteiger partial charge in [-0.2, -0.15) is 11.3 Å². The van der Waals surface area contributed by atoms with Gasteiger partial charge in [0, 0.05) is 44.0 Å². The van der Waals surface area contributed by atoms with Gasteiger partial charge >= 0.3 is 0 Å². The first-order valence-corrected chi connectivity index (χ1v) is 8.15. The molecule has 0 unspecified atom stereocenters. The average Bonchev–Trinajstić information content (AvgIpc) is 2.99. The van der Waals surface area contributed by atoms with E-state index < -0.39 is 0 Å². The first-order valence-electron chi connectivity index (χ1n) is 7.21. The van der Waals surface area contributed by atoms with Gasteiger partial charge in [0.15, 0.2) is 5.82 Å². The van der Waals surface area contributed by atoms with Crippen molar-refractivity contribution in [2.24, 2.45) is 0 Å². The number of ether oxygens (including phenoxy) is 1. The van der Waals surface area contributed by atoms with Crippen molar-refractivity contribution in [2.75, 3.05) is 38.2 Å². The van der Waals surface area contributed by atoms with Crippen LogP contribution >= 0.6 is 11.3 Å². The second-order valence-corrected chi connectivity index (χ2v) is 5.81. The van der Waals surface area contributed by atoms with Crippen molar-refractivity contribution in [3.63, 3.8) is 0 Å². The van der Waals surface area contributed by atoms with E-state index in [0.29, 0.717) is 12.4 Å². The second-order valence-electron chi connectivity index (χ2n) is 5.03. The summed E-state index contributed by atoms with van der Waals surface area (Å²) in [5.41, 5.74) is 0.774. The Morgan fingerprint density at radius 3 is 2.86 bits per heavy atom. The Bertz CT molecular complexity index is 632. The van der Waals surface area contributed by atoms with Crippen molar-refractivity contribution in [1.82, 2.24) is 14.9 Å². The lowest BCUT2D eigenvalue weighted by molar-refractivity contribution is 0.0767. The van der Waals surface area contributed by atoms with Crippen molar-refractivity contribution in [1.29, 1.82) is 0 Å². The predicted molar refractivity (Wildman–Crippen MR) is 85.6 cm³/mol. The summed E-state index contributed by atoms with van der Waals surface area (Å²) in [5, 5.41) is 3.83. The molecule has 0 aliphatic carbocycles. The highest BCUT2D eigenvalue weighted by atomic mass is 32.1. The fourth-order valence-electron chi connectivity index (χ4n) is 2.58. The van der Waals surface area contributed by atoms with Gasteiger partial charge in [0.05, 0.1) is 12.7 Å². The highest BCUT2D eigenvalue weighted by Crippen LogP contribution is 2.23. The summed E-state index contributed by atoms with van der Waals surface area (Å²) in [4.78, 5) is 25.0. The summed E-state index contributed by atoms with van der Waals surface area (Å²) < 4.78 is 5.28. The number of anilines is 1. The van der Waals surface area contributed by atoms with E-state index in [1.165, 1.54) is 0 Å². The number of nitrogens with zero attached hydrogens (tertiary/aromatic N) is 4. The van der Waals surface area contributed by atoms with Crippen LogP contribution in [0.25, 0.3) is 0 Å². The number of hydrogen-bond donors (Lipinski definition) is 0. The van der Waals surface area contributed by atoms with Gasteiger partial charge < -0.3 is 14.5 Å². The van der Waals surface area contributed by atoms with Gasteiger partial charge in [0.25, 0.3) is 11.8 Å². The molecular weight excluding hydrogens is 300 g/mol. The lowest BCUT2D eigenvalue weighted by atomic mass is 10.3.